The van der Waals surface area contributed by atoms with Gasteiger partial charge in [-0.15, -0.1) is 0 Å². The van der Waals surface area contributed by atoms with Gasteiger partial charge in [0.05, 0.1) is 5.30 Å². The second-order valence-electron chi connectivity index (χ2n) is 3.39. The summed E-state index contributed by atoms with van der Waals surface area (Å²) >= 11 is 0. The Morgan fingerprint density at radius 2 is 1.60 bits per heavy atom. The normalized spacial score (nSPS) is 11.1. The van der Waals surface area contributed by atoms with E-state index >= 15 is 0 Å². The van der Waals surface area contributed by atoms with Gasteiger partial charge < -0.3 is 17.3 Å². The van der Waals surface area contributed by atoms with Crippen LogP contribution in [0.5, 0.6) is 0 Å². The molecule has 0 N–H and O–H groups in total. The van der Waals surface area contributed by atoms with E-state index in [1.165, 1.54) is 10.9 Å². The third-order valence-electron chi connectivity index (χ3n) is 1.62. The van der Waals surface area contributed by atoms with Crippen molar-refractivity contribution in [3.8, 4) is 0 Å². The predicted molar refractivity (Wildman–Crippen MR) is 61.5 cm³/mol. The van der Waals surface area contributed by atoms with Gasteiger partial charge in [0.25, 0.3) is 0 Å². The Labute approximate surface area is 89.4 Å². The summed E-state index contributed by atoms with van der Waals surface area (Å²) in [6.07, 6.45) is 0. The molecular formula is C9H14BF4P. The summed E-state index contributed by atoms with van der Waals surface area (Å²) < 4.78 is 39.0. The van der Waals surface area contributed by atoms with Crippen molar-refractivity contribution in [2.45, 2.75) is 19.8 Å². The zero-order chi connectivity index (χ0) is 12.1. The fraction of sp³-hybridized carbons (Fsp3) is 0.333. The molecule has 0 heterocycles. The molecule has 6 heteroatoms. The lowest BCUT2D eigenvalue weighted by Crippen LogP contribution is -2.02. The van der Waals surface area contributed by atoms with Gasteiger partial charge in [0.2, 0.25) is 0 Å². The molecule has 0 aliphatic carbocycles. The lowest BCUT2D eigenvalue weighted by atomic mass is 10.0. The maximum absolute atomic E-state index is 9.75. The van der Waals surface area contributed by atoms with Crippen molar-refractivity contribution in [3.05, 3.63) is 29.8 Å². The molecule has 0 nitrogen and oxygen atoms in total. The van der Waals surface area contributed by atoms with Crippen LogP contribution in [0.2, 0.25) is 0 Å². The minimum Gasteiger partial charge on any atom is -0.418 e. The summed E-state index contributed by atoms with van der Waals surface area (Å²) in [4.78, 5) is 0. The summed E-state index contributed by atoms with van der Waals surface area (Å²) in [6, 6.07) is 8.70. The van der Waals surface area contributed by atoms with Crippen LogP contribution in [-0.4, -0.2) is 7.25 Å². The number of benzene rings is 1. The maximum Gasteiger partial charge on any atom is 0.673 e. The number of hydrogen-bond acceptors (Lipinski definition) is 0. The highest BCUT2D eigenvalue weighted by Crippen LogP contribution is 2.12. The van der Waals surface area contributed by atoms with Gasteiger partial charge in [-0.3, -0.25) is 0 Å². The molecule has 0 saturated carbocycles. The van der Waals surface area contributed by atoms with E-state index in [9.17, 15) is 17.3 Å². The predicted octanol–water partition coefficient (Wildman–Crippen LogP) is 3.34. The second-order valence-corrected chi connectivity index (χ2v) is 4.21. The van der Waals surface area contributed by atoms with Gasteiger partial charge in [0.1, 0.15) is 0 Å². The van der Waals surface area contributed by atoms with Crippen molar-refractivity contribution in [1.29, 1.82) is 0 Å². The molecule has 0 bridgehead atoms. The molecular weight excluding hydrogens is 226 g/mol. The van der Waals surface area contributed by atoms with E-state index in [1.54, 1.807) is 0 Å². The van der Waals surface area contributed by atoms with Gasteiger partial charge in [-0.25, -0.2) is 0 Å². The van der Waals surface area contributed by atoms with Gasteiger partial charge in [-0.1, -0.05) is 26.0 Å². The van der Waals surface area contributed by atoms with Gasteiger partial charge in [-0.05, 0) is 23.6 Å². The molecule has 0 aliphatic rings. The Morgan fingerprint density at radius 3 is 1.87 bits per heavy atom. The van der Waals surface area contributed by atoms with Gasteiger partial charge in [0.15, 0.2) is 0 Å². The van der Waals surface area contributed by atoms with Crippen LogP contribution in [0.1, 0.15) is 25.3 Å². The minimum atomic E-state index is -6.00. The average molecular weight is 240 g/mol. The van der Waals surface area contributed by atoms with Crippen molar-refractivity contribution in [2.24, 2.45) is 0 Å². The molecule has 86 valence electrons. The van der Waals surface area contributed by atoms with Crippen LogP contribution in [0.25, 0.3) is 0 Å². The highest BCUT2D eigenvalue weighted by molar-refractivity contribution is 7.27. The summed E-state index contributed by atoms with van der Waals surface area (Å²) in [6.45, 7) is 4.44. The highest BCUT2D eigenvalue weighted by atomic mass is 31.0. The quantitative estimate of drug-likeness (QED) is 0.401. The maximum atomic E-state index is 9.75. The number of halogens is 4. The van der Waals surface area contributed by atoms with Crippen LogP contribution in [0, 0.1) is 0 Å². The smallest absolute Gasteiger partial charge is 0.418 e. The molecule has 0 aromatic heterocycles. The molecule has 0 aliphatic heterocycles. The van der Waals surface area contributed by atoms with Crippen molar-refractivity contribution < 1.29 is 17.3 Å². The van der Waals surface area contributed by atoms with Gasteiger partial charge in [0, 0.05) is 9.24 Å². The standard InChI is InChI=1S/C9H13P.BF4/c1-7(2)8-4-3-5-9(10)6-8;2-1(3,4)5/h3-7H,10H2,1-2H3;/q;-1/p+1. The molecule has 1 unspecified atom stereocenters. The first kappa shape index (κ1) is 14.4. The van der Waals surface area contributed by atoms with Crippen LogP contribution in [0.3, 0.4) is 0 Å². The van der Waals surface area contributed by atoms with Crippen LogP contribution < -0.4 is 5.30 Å². The Morgan fingerprint density at radius 1 is 1.13 bits per heavy atom. The zero-order valence-electron chi connectivity index (χ0n) is 8.68. The van der Waals surface area contributed by atoms with Crippen LogP contribution >= 0.6 is 9.24 Å². The molecule has 0 spiro atoms. The Balaban J connectivity index is 0.000000336. The van der Waals surface area contributed by atoms with Gasteiger partial charge >= 0.3 is 7.25 Å². The van der Waals surface area contributed by atoms with E-state index in [0.717, 1.165) is 0 Å². The molecule has 1 aromatic carbocycles. The average Bonchev–Trinajstić information content (AvgIpc) is 2.00. The highest BCUT2D eigenvalue weighted by Gasteiger charge is 2.20. The molecule has 0 fully saturated rings. The summed E-state index contributed by atoms with van der Waals surface area (Å²) in [5, 5.41) is 1.38. The molecule has 1 rings (SSSR count). The largest absolute Gasteiger partial charge is 0.673 e. The number of hydrogen-bond donors (Lipinski definition) is 0. The molecule has 0 saturated heterocycles. The lowest BCUT2D eigenvalue weighted by Gasteiger charge is -2.02. The summed E-state index contributed by atoms with van der Waals surface area (Å²) in [7, 11) is -4.06. The van der Waals surface area contributed by atoms with E-state index in [4.69, 9.17) is 0 Å². The van der Waals surface area contributed by atoms with Crippen LogP contribution in [0.15, 0.2) is 24.3 Å². The molecule has 1 atom stereocenters. The van der Waals surface area contributed by atoms with Crippen LogP contribution in [0.4, 0.5) is 17.3 Å². The van der Waals surface area contributed by atoms with Crippen molar-refractivity contribution >= 4 is 21.8 Å². The fourth-order valence-electron chi connectivity index (χ4n) is 0.952. The summed E-state index contributed by atoms with van der Waals surface area (Å²) in [5.74, 6) is 0.657. The van der Waals surface area contributed by atoms with E-state index in [2.05, 4.69) is 38.1 Å². The minimum absolute atomic E-state index is 0.657. The third kappa shape index (κ3) is 9.73. The van der Waals surface area contributed by atoms with Crippen molar-refractivity contribution in [2.75, 3.05) is 0 Å². The van der Waals surface area contributed by atoms with Crippen molar-refractivity contribution in [3.63, 3.8) is 0 Å². The molecule has 1 aromatic rings. The molecule has 0 amide bonds. The fourth-order valence-corrected chi connectivity index (χ4v) is 1.32. The Kier molecular flexibility index (Phi) is 5.88. The first-order valence-electron chi connectivity index (χ1n) is 4.49. The van der Waals surface area contributed by atoms with Crippen molar-refractivity contribution in [1.82, 2.24) is 0 Å². The monoisotopic (exact) mass is 240 g/mol. The molecule has 0 radical (unpaired) electrons. The first-order chi connectivity index (χ1) is 6.70. The number of rotatable bonds is 1. The van der Waals surface area contributed by atoms with E-state index in [0.29, 0.717) is 5.92 Å². The third-order valence-corrected chi connectivity index (χ3v) is 2.06. The molecule has 15 heavy (non-hydrogen) atoms. The summed E-state index contributed by atoms with van der Waals surface area (Å²) in [5.41, 5.74) is 1.44. The Bertz CT molecular complexity index is 292. The topological polar surface area (TPSA) is 0 Å². The first-order valence-corrected chi connectivity index (χ1v) is 5.20. The SMILES string of the molecule is CC(C)c1cccc([PH3+])c1.F[B-](F)(F)F. The second kappa shape index (κ2) is 6.11. The Hall–Kier alpha value is -0.565. The zero-order valence-corrected chi connectivity index (χ0v) is 10.1. The lowest BCUT2D eigenvalue weighted by molar-refractivity contribution is 0.368. The van der Waals surface area contributed by atoms with E-state index in [1.807, 2.05) is 9.24 Å². The van der Waals surface area contributed by atoms with Gasteiger partial charge in [-0.2, -0.15) is 0 Å². The van der Waals surface area contributed by atoms with E-state index < -0.39 is 7.25 Å². The van der Waals surface area contributed by atoms with Crippen LogP contribution in [-0.2, 0) is 0 Å². The van der Waals surface area contributed by atoms with E-state index in [-0.39, 0.29) is 0 Å².